The van der Waals surface area contributed by atoms with E-state index in [0.717, 1.165) is 13.0 Å². The van der Waals surface area contributed by atoms with Crippen molar-refractivity contribution < 1.29 is 4.74 Å². The van der Waals surface area contributed by atoms with Crippen LogP contribution in [-0.2, 0) is 4.74 Å². The van der Waals surface area contributed by atoms with Crippen LogP contribution >= 0.6 is 11.6 Å². The summed E-state index contributed by atoms with van der Waals surface area (Å²) >= 11 is 5.61. The van der Waals surface area contributed by atoms with E-state index in [-0.39, 0.29) is 5.38 Å². The summed E-state index contributed by atoms with van der Waals surface area (Å²) < 4.78 is 4.95. The maximum atomic E-state index is 5.61. The van der Waals surface area contributed by atoms with Crippen LogP contribution in [0, 0.1) is 6.92 Å². The van der Waals surface area contributed by atoms with Crippen molar-refractivity contribution >= 4 is 11.6 Å². The zero-order valence-electron chi connectivity index (χ0n) is 5.19. The molecule has 1 atom stereocenters. The third kappa shape index (κ3) is 6.25. The summed E-state index contributed by atoms with van der Waals surface area (Å²) in [7, 11) is 0. The zero-order chi connectivity index (χ0) is 6.41. The standard InChI is InChI=1S/C6H12ClO/c1-3-8-5-4-6(2)7/h6H,1,3-5H2,2H3. The van der Waals surface area contributed by atoms with Gasteiger partial charge >= 0.3 is 0 Å². The Labute approximate surface area is 56.0 Å². The second-order valence-corrected chi connectivity index (χ2v) is 2.43. The van der Waals surface area contributed by atoms with Crippen LogP contribution in [0.1, 0.15) is 13.3 Å². The van der Waals surface area contributed by atoms with Crippen LogP contribution in [-0.4, -0.2) is 18.6 Å². The van der Waals surface area contributed by atoms with Crippen molar-refractivity contribution in [3.8, 4) is 0 Å². The first-order valence-electron chi connectivity index (χ1n) is 2.78. The lowest BCUT2D eigenvalue weighted by molar-refractivity contribution is 0.158. The summed E-state index contributed by atoms with van der Waals surface area (Å²) in [6.07, 6.45) is 0.914. The normalized spacial score (nSPS) is 13.9. The summed E-state index contributed by atoms with van der Waals surface area (Å²) in [6, 6.07) is 0. The van der Waals surface area contributed by atoms with Crippen LogP contribution < -0.4 is 0 Å². The Bertz CT molecular complexity index is 45.8. The van der Waals surface area contributed by atoms with Crippen molar-refractivity contribution in [2.24, 2.45) is 0 Å². The molecule has 0 rings (SSSR count). The Kier molecular flexibility index (Phi) is 5.56. The average Bonchev–Trinajstić information content (AvgIpc) is 1.66. The van der Waals surface area contributed by atoms with Crippen molar-refractivity contribution in [1.29, 1.82) is 0 Å². The minimum atomic E-state index is 0.224. The van der Waals surface area contributed by atoms with Gasteiger partial charge in [-0.25, -0.2) is 0 Å². The minimum Gasteiger partial charge on any atom is -0.381 e. The van der Waals surface area contributed by atoms with E-state index in [4.69, 9.17) is 16.3 Å². The lowest BCUT2D eigenvalue weighted by atomic mass is 10.3. The topological polar surface area (TPSA) is 9.23 Å². The van der Waals surface area contributed by atoms with Gasteiger partial charge in [-0.3, -0.25) is 0 Å². The number of alkyl halides is 1. The number of hydrogen-bond donors (Lipinski definition) is 0. The van der Waals surface area contributed by atoms with Gasteiger partial charge in [0.25, 0.3) is 0 Å². The van der Waals surface area contributed by atoms with Gasteiger partial charge < -0.3 is 4.74 Å². The lowest BCUT2D eigenvalue weighted by Crippen LogP contribution is -1.99. The van der Waals surface area contributed by atoms with Crippen LogP contribution in [0.3, 0.4) is 0 Å². The molecule has 0 aromatic rings. The third-order valence-corrected chi connectivity index (χ3v) is 1.02. The summed E-state index contributed by atoms with van der Waals surface area (Å²) in [6.45, 7) is 6.75. The highest BCUT2D eigenvalue weighted by Crippen LogP contribution is 1.98. The smallest absolute Gasteiger partial charge is 0.0480 e. The molecule has 0 fully saturated rings. The second-order valence-electron chi connectivity index (χ2n) is 1.68. The molecule has 1 nitrogen and oxygen atoms in total. The molecule has 0 aliphatic rings. The van der Waals surface area contributed by atoms with Crippen LogP contribution in [0.4, 0.5) is 0 Å². The van der Waals surface area contributed by atoms with Crippen molar-refractivity contribution in [1.82, 2.24) is 0 Å². The average molecular weight is 136 g/mol. The van der Waals surface area contributed by atoms with Crippen molar-refractivity contribution in [2.75, 3.05) is 13.2 Å². The maximum Gasteiger partial charge on any atom is 0.0480 e. The van der Waals surface area contributed by atoms with Crippen molar-refractivity contribution in [3.63, 3.8) is 0 Å². The molecule has 0 saturated carbocycles. The van der Waals surface area contributed by atoms with Gasteiger partial charge in [-0.05, 0) is 20.3 Å². The molecule has 0 aromatic heterocycles. The Morgan fingerprint density at radius 1 is 1.75 bits per heavy atom. The van der Waals surface area contributed by atoms with E-state index in [9.17, 15) is 0 Å². The predicted molar refractivity (Wildman–Crippen MR) is 36.1 cm³/mol. The molecule has 0 bridgehead atoms. The number of hydrogen-bond acceptors (Lipinski definition) is 1. The van der Waals surface area contributed by atoms with Gasteiger partial charge in [0.2, 0.25) is 0 Å². The summed E-state index contributed by atoms with van der Waals surface area (Å²) in [4.78, 5) is 0. The van der Waals surface area contributed by atoms with Gasteiger partial charge in [0.05, 0.1) is 0 Å². The quantitative estimate of drug-likeness (QED) is 0.422. The van der Waals surface area contributed by atoms with Crippen LogP contribution in [0.15, 0.2) is 0 Å². The van der Waals surface area contributed by atoms with E-state index in [1.165, 1.54) is 0 Å². The highest BCUT2D eigenvalue weighted by atomic mass is 35.5. The molecular weight excluding hydrogens is 124 g/mol. The molecule has 49 valence electrons. The Hall–Kier alpha value is 0.250. The zero-order valence-corrected chi connectivity index (χ0v) is 5.95. The van der Waals surface area contributed by atoms with Gasteiger partial charge in [-0.15, -0.1) is 11.6 Å². The first-order chi connectivity index (χ1) is 3.77. The number of ether oxygens (including phenoxy) is 1. The molecule has 1 unspecified atom stereocenters. The summed E-state index contributed by atoms with van der Waals surface area (Å²) in [5.41, 5.74) is 0. The van der Waals surface area contributed by atoms with Gasteiger partial charge in [0.15, 0.2) is 0 Å². The molecule has 0 aliphatic heterocycles. The fourth-order valence-electron chi connectivity index (χ4n) is 0.348. The monoisotopic (exact) mass is 135 g/mol. The van der Waals surface area contributed by atoms with E-state index in [1.807, 2.05) is 6.92 Å². The molecule has 0 saturated heterocycles. The largest absolute Gasteiger partial charge is 0.381 e. The lowest BCUT2D eigenvalue weighted by Gasteiger charge is -2.00. The highest BCUT2D eigenvalue weighted by Gasteiger charge is 1.92. The minimum absolute atomic E-state index is 0.224. The predicted octanol–water partition coefficient (Wildman–Crippen LogP) is 1.85. The third-order valence-electron chi connectivity index (χ3n) is 0.804. The molecule has 0 aromatic carbocycles. The fourth-order valence-corrected chi connectivity index (χ4v) is 0.437. The molecule has 0 amide bonds. The number of halogens is 1. The van der Waals surface area contributed by atoms with Crippen LogP contribution in [0.5, 0.6) is 0 Å². The van der Waals surface area contributed by atoms with E-state index in [2.05, 4.69) is 6.92 Å². The van der Waals surface area contributed by atoms with Crippen LogP contribution in [0.2, 0.25) is 0 Å². The van der Waals surface area contributed by atoms with E-state index in [0.29, 0.717) is 6.61 Å². The molecule has 0 N–H and O–H groups in total. The van der Waals surface area contributed by atoms with Gasteiger partial charge in [-0.1, -0.05) is 0 Å². The Morgan fingerprint density at radius 3 is 2.75 bits per heavy atom. The Morgan fingerprint density at radius 2 is 2.38 bits per heavy atom. The molecule has 8 heavy (non-hydrogen) atoms. The molecule has 0 heterocycles. The van der Waals surface area contributed by atoms with E-state index in [1.54, 1.807) is 0 Å². The Balaban J connectivity index is 2.72. The van der Waals surface area contributed by atoms with Gasteiger partial charge in [0, 0.05) is 18.6 Å². The first kappa shape index (κ1) is 8.25. The van der Waals surface area contributed by atoms with Crippen molar-refractivity contribution in [2.45, 2.75) is 18.7 Å². The van der Waals surface area contributed by atoms with Gasteiger partial charge in [-0.2, -0.15) is 0 Å². The van der Waals surface area contributed by atoms with E-state index >= 15 is 0 Å². The van der Waals surface area contributed by atoms with E-state index < -0.39 is 0 Å². The molecule has 0 spiro atoms. The SMILES string of the molecule is [CH2]COCCC(C)Cl. The fraction of sp³-hybridized carbons (Fsp3) is 0.833. The number of rotatable bonds is 4. The summed E-state index contributed by atoms with van der Waals surface area (Å²) in [5.74, 6) is 0. The summed E-state index contributed by atoms with van der Waals surface area (Å²) in [5, 5.41) is 0.224. The van der Waals surface area contributed by atoms with Crippen molar-refractivity contribution in [3.05, 3.63) is 6.92 Å². The van der Waals surface area contributed by atoms with Gasteiger partial charge in [0.1, 0.15) is 0 Å². The molecular formula is C6H12ClO. The highest BCUT2D eigenvalue weighted by molar-refractivity contribution is 6.20. The molecule has 1 radical (unpaired) electrons. The van der Waals surface area contributed by atoms with Crippen LogP contribution in [0.25, 0.3) is 0 Å². The second kappa shape index (κ2) is 5.39. The first-order valence-corrected chi connectivity index (χ1v) is 3.22. The molecule has 2 heteroatoms. The molecule has 0 aliphatic carbocycles. The maximum absolute atomic E-state index is 5.61.